The zero-order valence-corrected chi connectivity index (χ0v) is 38.1. The van der Waals surface area contributed by atoms with Crippen LogP contribution in [-0.4, -0.2) is 16.6 Å². The first-order valence-corrected chi connectivity index (χ1v) is 25.1. The Morgan fingerprint density at radius 1 is 0.233 bits per heavy atom. The average Bonchev–Trinajstić information content (AvgIpc) is 3.27. The van der Waals surface area contributed by atoms with Crippen molar-refractivity contribution in [1.82, 2.24) is 0 Å². The molecule has 0 saturated heterocycles. The molecule has 60 heavy (non-hydrogen) atoms. The molecule has 0 saturated carbocycles. The molecule has 9 rings (SSSR count). The fraction of sp³-hybridized carbons (Fsp3) is 0. The molecule has 0 amide bonds. The van der Waals surface area contributed by atoms with E-state index in [0.29, 0.717) is 30.1 Å². The Balaban J connectivity index is 1.36. The van der Waals surface area contributed by atoms with Crippen molar-refractivity contribution < 1.29 is 8.85 Å². The van der Waals surface area contributed by atoms with Crippen molar-refractivity contribution in [2.75, 3.05) is 0 Å². The van der Waals surface area contributed by atoms with Crippen LogP contribution in [0.2, 0.25) is 30.1 Å². The minimum absolute atomic E-state index is 0.626. The third-order valence-corrected chi connectivity index (χ3v) is 20.3. The third kappa shape index (κ3) is 7.50. The normalized spacial score (nSPS) is 11.8. The van der Waals surface area contributed by atoms with Crippen LogP contribution in [-0.2, 0) is 0 Å². The van der Waals surface area contributed by atoms with Crippen LogP contribution in [0, 0.1) is 0 Å². The lowest BCUT2D eigenvalue weighted by Gasteiger charge is -2.36. The summed E-state index contributed by atoms with van der Waals surface area (Å²) in [5, 5.41) is 13.2. The molecule has 2 nitrogen and oxygen atoms in total. The van der Waals surface area contributed by atoms with Crippen molar-refractivity contribution in [3.8, 4) is 11.5 Å². The predicted octanol–water partition coefficient (Wildman–Crippen LogP) is 12.0. The van der Waals surface area contributed by atoms with Crippen LogP contribution in [0.4, 0.5) is 0 Å². The van der Waals surface area contributed by atoms with Gasteiger partial charge in [-0.25, -0.2) is 0 Å². The number of halogens is 6. The molecule has 9 aromatic carbocycles. The van der Waals surface area contributed by atoms with E-state index in [1.807, 2.05) is 97.1 Å². The van der Waals surface area contributed by atoms with Crippen LogP contribution < -0.4 is 40.0 Å². The molecule has 0 aliphatic carbocycles. The topological polar surface area (TPSA) is 18.5 Å². The second-order valence-electron chi connectivity index (χ2n) is 14.4. The molecule has 0 atom stereocenters. The monoisotopic (exact) mass is 930 g/mol. The molecule has 0 radical (unpaired) electrons. The van der Waals surface area contributed by atoms with E-state index in [9.17, 15) is 0 Å². The van der Waals surface area contributed by atoms with Gasteiger partial charge >= 0.3 is 16.6 Å². The number of hydrogen-bond donors (Lipinski definition) is 0. The van der Waals surface area contributed by atoms with Crippen molar-refractivity contribution in [3.63, 3.8) is 0 Å². The fourth-order valence-corrected chi connectivity index (χ4v) is 16.4. The third-order valence-electron chi connectivity index (χ3n) is 10.8. The standard InChI is InChI=1S/C50H32Cl6O2Si2/c51-33-9-21-39(22-10-33)59(40-23-11-34(52)12-24-40,41-25-13-35(53)14-26-41)57-49-45-5-1-2-6-46(45)50(48-8-4-3-7-47(48)49)58-60(42-27-15-36(54)16-28-42,43-29-17-37(55)18-30-43)44-31-19-38(56)20-32-44/h1-32H. The van der Waals surface area contributed by atoms with Gasteiger partial charge in [-0.3, -0.25) is 0 Å². The lowest BCUT2D eigenvalue weighted by Crippen LogP contribution is -2.71. The zero-order chi connectivity index (χ0) is 41.4. The number of fused-ring (bicyclic) bond motifs is 2. The van der Waals surface area contributed by atoms with E-state index in [1.54, 1.807) is 0 Å². The van der Waals surface area contributed by atoms with Gasteiger partial charge in [-0.05, 0) is 104 Å². The molecule has 10 heteroatoms. The largest absolute Gasteiger partial charge is 0.529 e. The first-order valence-electron chi connectivity index (χ1n) is 19.0. The molecule has 0 N–H and O–H groups in total. The smallest absolute Gasteiger partial charge is 0.346 e. The first kappa shape index (κ1) is 40.7. The first-order chi connectivity index (χ1) is 29.2. The van der Waals surface area contributed by atoms with Gasteiger partial charge in [-0.1, -0.05) is 191 Å². The SMILES string of the molecule is Clc1ccc([Si](Oc2c3ccccc3c(O[Si](c3ccc(Cl)cc3)(c3ccc(Cl)cc3)c3ccc(Cl)cc3)c3ccccc23)(c2ccc(Cl)cc2)c2ccc(Cl)cc2)cc1. The molecule has 0 heterocycles. The summed E-state index contributed by atoms with van der Waals surface area (Å²) in [5.41, 5.74) is 0. The highest BCUT2D eigenvalue weighted by molar-refractivity contribution is 7.08. The van der Waals surface area contributed by atoms with E-state index >= 15 is 0 Å². The number of hydrogen-bond acceptors (Lipinski definition) is 2. The van der Waals surface area contributed by atoms with Gasteiger partial charge in [0, 0.05) is 51.7 Å². The van der Waals surface area contributed by atoms with Crippen molar-refractivity contribution >= 4 is 139 Å². The molecule has 0 aliphatic rings. The lowest BCUT2D eigenvalue weighted by atomic mass is 10.0. The molecule has 294 valence electrons. The quantitative estimate of drug-likeness (QED) is 0.0773. The summed E-state index contributed by atoms with van der Waals surface area (Å²) in [4.78, 5) is 0. The van der Waals surface area contributed by atoms with Gasteiger partial charge in [0.25, 0.3) is 0 Å². The molecule has 9 aromatic rings. The predicted molar refractivity (Wildman–Crippen MR) is 261 cm³/mol. The van der Waals surface area contributed by atoms with E-state index in [0.717, 1.165) is 64.2 Å². The van der Waals surface area contributed by atoms with Crippen LogP contribution in [0.1, 0.15) is 0 Å². The summed E-state index contributed by atoms with van der Waals surface area (Å²) in [5.74, 6) is 1.44. The van der Waals surface area contributed by atoms with Gasteiger partial charge in [0.2, 0.25) is 0 Å². The van der Waals surface area contributed by atoms with E-state index in [-0.39, 0.29) is 0 Å². The molecule has 0 bridgehead atoms. The second-order valence-corrected chi connectivity index (χ2v) is 23.6. The maximum atomic E-state index is 7.91. The Hall–Kier alpha value is -4.73. The van der Waals surface area contributed by atoms with Crippen LogP contribution >= 0.6 is 69.6 Å². The average molecular weight is 934 g/mol. The van der Waals surface area contributed by atoms with Crippen LogP contribution in [0.3, 0.4) is 0 Å². The Morgan fingerprint density at radius 2 is 0.400 bits per heavy atom. The molecular weight excluding hydrogens is 901 g/mol. The molecule has 0 unspecified atom stereocenters. The van der Waals surface area contributed by atoms with E-state index in [1.165, 1.54) is 0 Å². The van der Waals surface area contributed by atoms with Crippen molar-refractivity contribution in [2.45, 2.75) is 0 Å². The van der Waals surface area contributed by atoms with Crippen molar-refractivity contribution in [2.24, 2.45) is 0 Å². The minimum atomic E-state index is -3.45. The van der Waals surface area contributed by atoms with Gasteiger partial charge < -0.3 is 8.85 Å². The van der Waals surface area contributed by atoms with Gasteiger partial charge in [0.05, 0.1) is 0 Å². The van der Waals surface area contributed by atoms with Gasteiger partial charge in [0.1, 0.15) is 11.5 Å². The Morgan fingerprint density at radius 3 is 0.567 bits per heavy atom. The molecule has 0 spiro atoms. The van der Waals surface area contributed by atoms with Gasteiger partial charge in [0.15, 0.2) is 0 Å². The maximum Gasteiger partial charge on any atom is 0.346 e. The molecule has 0 aromatic heterocycles. The summed E-state index contributed by atoms with van der Waals surface area (Å²) < 4.78 is 15.8. The highest BCUT2D eigenvalue weighted by Gasteiger charge is 2.47. The summed E-state index contributed by atoms with van der Waals surface area (Å²) >= 11 is 39.3. The Bertz CT molecular complexity index is 2480. The molecular formula is C50H32Cl6O2Si2. The van der Waals surface area contributed by atoms with E-state index < -0.39 is 16.6 Å². The van der Waals surface area contributed by atoms with Gasteiger partial charge in [-0.2, -0.15) is 0 Å². The lowest BCUT2D eigenvalue weighted by molar-refractivity contribution is 0.581. The van der Waals surface area contributed by atoms with Crippen LogP contribution in [0.15, 0.2) is 194 Å². The van der Waals surface area contributed by atoms with Crippen molar-refractivity contribution in [3.05, 3.63) is 224 Å². The Kier molecular flexibility index (Phi) is 11.5. The minimum Gasteiger partial charge on any atom is -0.529 e. The maximum absolute atomic E-state index is 7.91. The highest BCUT2D eigenvalue weighted by atomic mass is 35.5. The zero-order valence-electron chi connectivity index (χ0n) is 31.6. The summed E-state index contributed by atoms with van der Waals surface area (Å²) in [6, 6.07) is 64.2. The van der Waals surface area contributed by atoms with Gasteiger partial charge in [-0.15, -0.1) is 0 Å². The summed E-state index contributed by atoms with van der Waals surface area (Å²) in [6.45, 7) is 0. The molecule has 0 fully saturated rings. The number of benzene rings is 9. The Labute approximate surface area is 380 Å². The van der Waals surface area contributed by atoms with Crippen molar-refractivity contribution in [1.29, 1.82) is 0 Å². The van der Waals surface area contributed by atoms with Crippen LogP contribution in [0.5, 0.6) is 11.5 Å². The second kappa shape index (κ2) is 17.0. The fourth-order valence-electron chi connectivity index (χ4n) is 8.04. The van der Waals surface area contributed by atoms with E-state index in [4.69, 9.17) is 78.5 Å². The number of rotatable bonds is 10. The highest BCUT2D eigenvalue weighted by Crippen LogP contribution is 2.44. The van der Waals surface area contributed by atoms with Crippen LogP contribution in [0.25, 0.3) is 21.5 Å². The molecule has 0 aliphatic heterocycles. The summed E-state index contributed by atoms with van der Waals surface area (Å²) in [6.07, 6.45) is 0. The summed E-state index contributed by atoms with van der Waals surface area (Å²) in [7, 11) is -6.90. The van der Waals surface area contributed by atoms with E-state index in [2.05, 4.69) is 97.1 Å².